The van der Waals surface area contributed by atoms with Crippen molar-refractivity contribution in [3.05, 3.63) is 0 Å². The largest absolute Gasteiger partial charge is 0.390 e. The third-order valence-corrected chi connectivity index (χ3v) is 6.93. The lowest BCUT2D eigenvalue weighted by Gasteiger charge is -2.44. The van der Waals surface area contributed by atoms with Gasteiger partial charge in [-0.3, -0.25) is 4.48 Å². The van der Waals surface area contributed by atoms with E-state index in [2.05, 4.69) is 18.3 Å². The van der Waals surface area contributed by atoms with Crippen LogP contribution >= 0.6 is 0 Å². The first kappa shape index (κ1) is 21.9. The highest BCUT2D eigenvalue weighted by molar-refractivity contribution is 5.48. The Balaban J connectivity index is 1.63. The van der Waals surface area contributed by atoms with E-state index in [1.165, 1.54) is 96.3 Å². The minimum absolute atomic E-state index is 0.299. The fourth-order valence-electron chi connectivity index (χ4n) is 5.39. The molecule has 1 N–H and O–H groups in total. The lowest BCUT2D eigenvalue weighted by molar-refractivity contribution is -0.861. The zero-order valence-electron chi connectivity index (χ0n) is 17.5. The van der Waals surface area contributed by atoms with Crippen LogP contribution in [-0.2, 0) is 0 Å². The molecule has 0 spiro atoms. The van der Waals surface area contributed by atoms with E-state index in [9.17, 15) is 5.11 Å². The molecule has 1 saturated carbocycles. The van der Waals surface area contributed by atoms with Gasteiger partial charge in [-0.15, -0.1) is 0 Å². The van der Waals surface area contributed by atoms with Crippen LogP contribution in [0, 0.1) is 5.92 Å². The summed E-state index contributed by atoms with van der Waals surface area (Å²) < 4.78 is 0.985. The summed E-state index contributed by atoms with van der Waals surface area (Å²) in [5.74, 6) is 0.855. The van der Waals surface area contributed by atoms with Crippen LogP contribution in [0.1, 0.15) is 103 Å². The molecule has 2 aliphatic rings. The van der Waals surface area contributed by atoms with Gasteiger partial charge in [0.05, 0.1) is 19.2 Å². The quantitative estimate of drug-likeness (QED) is 0.310. The van der Waals surface area contributed by atoms with E-state index in [1.54, 1.807) is 0 Å². The van der Waals surface area contributed by atoms with Gasteiger partial charge < -0.3 is 5.11 Å². The Morgan fingerprint density at radius 2 is 1.58 bits per heavy atom. The number of nitrogens with zero attached hydrogens (tertiary/aromatic N) is 2. The van der Waals surface area contributed by atoms with Crippen LogP contribution in [0.4, 0.5) is 0 Å². The highest BCUT2D eigenvalue weighted by atomic mass is 16.3. The van der Waals surface area contributed by atoms with Crippen molar-refractivity contribution in [1.29, 1.82) is 0 Å². The summed E-state index contributed by atoms with van der Waals surface area (Å²) in [5, 5.41) is 9.60. The monoisotopic (exact) mass is 365 g/mol. The molecule has 3 heteroatoms. The van der Waals surface area contributed by atoms with Gasteiger partial charge >= 0.3 is 0 Å². The van der Waals surface area contributed by atoms with Crippen LogP contribution in [0.15, 0.2) is 4.99 Å². The minimum Gasteiger partial charge on any atom is -0.390 e. The van der Waals surface area contributed by atoms with Gasteiger partial charge in [-0.05, 0) is 19.3 Å². The molecule has 0 aromatic rings. The zero-order chi connectivity index (χ0) is 18.5. The molecule has 1 aliphatic carbocycles. The standard InChI is InChI=1S/C23H45N2O/c1-2-3-4-5-6-7-8-9-10-11-14-22-15-12-13-16-23(22)25(19-20-26)18-17-24-21-25/h21-23,26H,2-20H2,1H3/q+1. The third kappa shape index (κ3) is 6.96. The van der Waals surface area contributed by atoms with Crippen molar-refractivity contribution in [2.75, 3.05) is 26.2 Å². The maximum Gasteiger partial charge on any atom is 0.185 e. The molecule has 2 rings (SSSR count). The molecule has 3 unspecified atom stereocenters. The number of quaternary nitrogens is 1. The van der Waals surface area contributed by atoms with E-state index >= 15 is 0 Å². The van der Waals surface area contributed by atoms with Crippen LogP contribution in [0.25, 0.3) is 0 Å². The predicted molar refractivity (Wildman–Crippen MR) is 113 cm³/mol. The second-order valence-electron chi connectivity index (χ2n) is 8.88. The molecule has 1 heterocycles. The molecule has 3 atom stereocenters. The molecular weight excluding hydrogens is 320 g/mol. The number of aliphatic imine (C=N–C) groups is 1. The van der Waals surface area contributed by atoms with E-state index in [4.69, 9.17) is 0 Å². The Kier molecular flexibility index (Phi) is 10.8. The van der Waals surface area contributed by atoms with Gasteiger partial charge in [0.15, 0.2) is 6.34 Å². The summed E-state index contributed by atoms with van der Waals surface area (Å²) in [4.78, 5) is 4.56. The number of hydrogen-bond donors (Lipinski definition) is 1. The average Bonchev–Trinajstić information content (AvgIpc) is 3.13. The Labute approximate surface area is 162 Å². The molecule has 0 aromatic heterocycles. The number of unbranched alkanes of at least 4 members (excludes halogenated alkanes) is 9. The van der Waals surface area contributed by atoms with Gasteiger partial charge in [0.1, 0.15) is 13.1 Å². The summed E-state index contributed by atoms with van der Waals surface area (Å²) in [6, 6.07) is 0.723. The van der Waals surface area contributed by atoms with E-state index < -0.39 is 0 Å². The summed E-state index contributed by atoms with van der Waals surface area (Å²) in [5.41, 5.74) is 0. The normalized spacial score (nSPS) is 28.7. The van der Waals surface area contributed by atoms with Crippen LogP contribution in [0.5, 0.6) is 0 Å². The van der Waals surface area contributed by atoms with Gasteiger partial charge in [-0.25, -0.2) is 4.99 Å². The number of aliphatic hydroxyl groups is 1. The van der Waals surface area contributed by atoms with E-state index in [0.29, 0.717) is 6.61 Å². The first-order valence-electron chi connectivity index (χ1n) is 11.8. The molecule has 0 radical (unpaired) electrons. The highest BCUT2D eigenvalue weighted by Crippen LogP contribution is 2.36. The number of aliphatic hydroxyl groups excluding tert-OH is 1. The summed E-state index contributed by atoms with van der Waals surface area (Å²) >= 11 is 0. The van der Waals surface area contributed by atoms with E-state index in [-0.39, 0.29) is 0 Å². The molecule has 0 amide bonds. The highest BCUT2D eigenvalue weighted by Gasteiger charge is 2.43. The average molecular weight is 366 g/mol. The van der Waals surface area contributed by atoms with Crippen molar-refractivity contribution in [3.63, 3.8) is 0 Å². The minimum atomic E-state index is 0.299. The Bertz CT molecular complexity index is 384. The smallest absolute Gasteiger partial charge is 0.185 e. The molecule has 0 saturated heterocycles. The Morgan fingerprint density at radius 3 is 2.19 bits per heavy atom. The van der Waals surface area contributed by atoms with Crippen LogP contribution in [0.2, 0.25) is 0 Å². The van der Waals surface area contributed by atoms with Crippen molar-refractivity contribution in [3.8, 4) is 0 Å². The van der Waals surface area contributed by atoms with E-state index in [0.717, 1.165) is 36.1 Å². The second kappa shape index (κ2) is 12.9. The summed E-state index contributed by atoms with van der Waals surface area (Å²) in [6.45, 7) is 5.55. The molecule has 152 valence electrons. The number of hydrogen-bond acceptors (Lipinski definition) is 2. The maximum atomic E-state index is 9.60. The van der Waals surface area contributed by atoms with Crippen molar-refractivity contribution in [2.24, 2.45) is 10.9 Å². The summed E-state index contributed by atoms with van der Waals surface area (Å²) in [6.07, 6.45) is 23.4. The van der Waals surface area contributed by atoms with Gasteiger partial charge in [0.2, 0.25) is 0 Å². The maximum absolute atomic E-state index is 9.60. The van der Waals surface area contributed by atoms with Crippen molar-refractivity contribution >= 4 is 6.34 Å². The SMILES string of the molecule is CCCCCCCCCCCCC1CCCCC1[N+]1(CCO)C=NCC1. The van der Waals surface area contributed by atoms with Crippen molar-refractivity contribution in [1.82, 2.24) is 0 Å². The van der Waals surface area contributed by atoms with Gasteiger partial charge in [0.25, 0.3) is 0 Å². The van der Waals surface area contributed by atoms with Gasteiger partial charge in [-0.1, -0.05) is 77.6 Å². The Hall–Kier alpha value is -0.410. The number of rotatable bonds is 14. The van der Waals surface area contributed by atoms with Crippen LogP contribution < -0.4 is 0 Å². The second-order valence-corrected chi connectivity index (χ2v) is 8.88. The van der Waals surface area contributed by atoms with Crippen molar-refractivity contribution < 1.29 is 9.59 Å². The third-order valence-electron chi connectivity index (χ3n) is 6.93. The molecule has 26 heavy (non-hydrogen) atoms. The molecule has 1 fully saturated rings. The van der Waals surface area contributed by atoms with Crippen LogP contribution in [0.3, 0.4) is 0 Å². The zero-order valence-corrected chi connectivity index (χ0v) is 17.5. The summed E-state index contributed by atoms with van der Waals surface area (Å²) in [7, 11) is 0. The van der Waals surface area contributed by atoms with Crippen molar-refractivity contribution in [2.45, 2.75) is 109 Å². The molecule has 0 bridgehead atoms. The Morgan fingerprint density at radius 1 is 0.923 bits per heavy atom. The fraction of sp³-hybridized carbons (Fsp3) is 0.957. The lowest BCUT2D eigenvalue weighted by atomic mass is 9.79. The molecule has 1 aliphatic heterocycles. The topological polar surface area (TPSA) is 32.6 Å². The van der Waals surface area contributed by atoms with E-state index in [1.807, 2.05) is 0 Å². The first-order chi connectivity index (χ1) is 12.8. The molecule has 3 nitrogen and oxygen atoms in total. The lowest BCUT2D eigenvalue weighted by Crippen LogP contribution is -2.58. The fourth-order valence-corrected chi connectivity index (χ4v) is 5.39. The first-order valence-corrected chi connectivity index (χ1v) is 11.8. The van der Waals surface area contributed by atoms with Crippen LogP contribution in [-0.4, -0.2) is 48.2 Å². The molecule has 0 aromatic carbocycles. The molecular formula is C23H45N2O+. The predicted octanol–water partition coefficient (Wildman–Crippen LogP) is 5.71. The van der Waals surface area contributed by atoms with Gasteiger partial charge in [0, 0.05) is 12.3 Å². The van der Waals surface area contributed by atoms with Gasteiger partial charge in [-0.2, -0.15) is 0 Å².